The third-order valence-electron chi connectivity index (χ3n) is 3.81. The lowest BCUT2D eigenvalue weighted by Gasteiger charge is -2.17. The van der Waals surface area contributed by atoms with Crippen LogP contribution in [0.2, 0.25) is 5.02 Å². The average molecular weight is 394 g/mol. The number of rotatable bonds is 6. The maximum absolute atomic E-state index is 14.0. The van der Waals surface area contributed by atoms with Gasteiger partial charge in [0.1, 0.15) is 11.6 Å². The third-order valence-corrected chi connectivity index (χ3v) is 4.46. The van der Waals surface area contributed by atoms with Crippen LogP contribution in [-0.4, -0.2) is 28.8 Å². The summed E-state index contributed by atoms with van der Waals surface area (Å²) in [6.45, 7) is 0.631. The number of aromatic nitrogens is 2. The highest BCUT2D eigenvalue weighted by Crippen LogP contribution is 2.28. The van der Waals surface area contributed by atoms with E-state index in [9.17, 15) is 4.39 Å². The van der Waals surface area contributed by atoms with Crippen molar-refractivity contribution in [3.63, 3.8) is 0 Å². The summed E-state index contributed by atoms with van der Waals surface area (Å²) in [4.78, 5) is 2.06. The Morgan fingerprint density at radius 2 is 2.04 bits per heavy atom. The van der Waals surface area contributed by atoms with Crippen molar-refractivity contribution in [3.8, 4) is 17.2 Å². The van der Waals surface area contributed by atoms with Gasteiger partial charge in [0.05, 0.1) is 19.3 Å². The van der Waals surface area contributed by atoms with E-state index in [1.807, 2.05) is 36.2 Å². The lowest BCUT2D eigenvalue weighted by atomic mass is 10.2. The Kier molecular flexibility index (Phi) is 5.70. The van der Waals surface area contributed by atoms with Gasteiger partial charge in [-0.15, -0.1) is 5.10 Å². The molecule has 0 amide bonds. The average Bonchev–Trinajstić information content (AvgIpc) is 2.98. The van der Waals surface area contributed by atoms with E-state index >= 15 is 0 Å². The Morgan fingerprint density at radius 1 is 1.27 bits per heavy atom. The van der Waals surface area contributed by atoms with E-state index in [2.05, 4.69) is 5.10 Å². The molecule has 136 valence electrons. The second-order valence-corrected chi connectivity index (χ2v) is 6.49. The molecule has 0 saturated carbocycles. The van der Waals surface area contributed by atoms with Gasteiger partial charge in [-0.25, -0.2) is 9.07 Å². The van der Waals surface area contributed by atoms with E-state index in [1.54, 1.807) is 19.2 Å². The number of ether oxygens (including phenoxy) is 1. The van der Waals surface area contributed by atoms with Crippen LogP contribution in [0.5, 0.6) is 5.75 Å². The molecule has 0 spiro atoms. The highest BCUT2D eigenvalue weighted by Gasteiger charge is 2.15. The van der Waals surface area contributed by atoms with Crippen LogP contribution in [0.15, 0.2) is 46.9 Å². The van der Waals surface area contributed by atoms with Crippen LogP contribution in [0.1, 0.15) is 5.56 Å². The SMILES string of the molecule is COc1ccccc1-c1nn(CN(C)Cc2c(F)cccc2Cl)c(=S)o1. The first-order valence-electron chi connectivity index (χ1n) is 7.82. The van der Waals surface area contributed by atoms with E-state index in [0.717, 1.165) is 0 Å². The Morgan fingerprint density at radius 3 is 2.77 bits per heavy atom. The fourth-order valence-corrected chi connectivity index (χ4v) is 2.96. The number of para-hydroxylation sites is 1. The molecule has 0 saturated heterocycles. The zero-order valence-corrected chi connectivity index (χ0v) is 15.9. The van der Waals surface area contributed by atoms with Crippen molar-refractivity contribution >= 4 is 23.8 Å². The fourth-order valence-electron chi connectivity index (χ4n) is 2.56. The van der Waals surface area contributed by atoms with Crippen molar-refractivity contribution in [1.82, 2.24) is 14.7 Å². The molecule has 1 heterocycles. The molecule has 3 aromatic rings. The summed E-state index contributed by atoms with van der Waals surface area (Å²) in [6.07, 6.45) is 0. The highest BCUT2D eigenvalue weighted by atomic mass is 35.5. The zero-order chi connectivity index (χ0) is 18.7. The number of methoxy groups -OCH3 is 1. The predicted molar refractivity (Wildman–Crippen MR) is 100 cm³/mol. The molecule has 8 heteroatoms. The summed E-state index contributed by atoms with van der Waals surface area (Å²) in [5, 5.41) is 4.80. The minimum absolute atomic E-state index is 0.220. The molecule has 0 radical (unpaired) electrons. The first-order valence-corrected chi connectivity index (χ1v) is 8.61. The largest absolute Gasteiger partial charge is 0.496 e. The normalized spacial score (nSPS) is 11.1. The summed E-state index contributed by atoms with van der Waals surface area (Å²) in [5.74, 6) is 0.662. The smallest absolute Gasteiger partial charge is 0.288 e. The minimum atomic E-state index is -0.345. The Balaban J connectivity index is 1.81. The first-order chi connectivity index (χ1) is 12.5. The summed E-state index contributed by atoms with van der Waals surface area (Å²) in [6, 6.07) is 12.0. The molecule has 0 unspecified atom stereocenters. The standard InChI is InChI=1S/C18H17ClFN3O2S/c1-22(10-13-14(19)7-5-8-15(13)20)11-23-18(26)25-17(21-23)12-6-3-4-9-16(12)24-2/h3-9H,10-11H2,1-2H3. The quantitative estimate of drug-likeness (QED) is 0.565. The predicted octanol–water partition coefficient (Wildman–Crippen LogP) is 4.76. The number of nitrogens with zero attached hydrogens (tertiary/aromatic N) is 3. The number of benzene rings is 2. The minimum Gasteiger partial charge on any atom is -0.496 e. The highest BCUT2D eigenvalue weighted by molar-refractivity contribution is 7.71. The van der Waals surface area contributed by atoms with Crippen molar-refractivity contribution in [2.24, 2.45) is 0 Å². The number of hydrogen-bond donors (Lipinski definition) is 0. The van der Waals surface area contributed by atoms with E-state index in [0.29, 0.717) is 41.0 Å². The van der Waals surface area contributed by atoms with Crippen LogP contribution in [0.4, 0.5) is 4.39 Å². The van der Waals surface area contributed by atoms with Gasteiger partial charge in [0, 0.05) is 17.1 Å². The van der Waals surface area contributed by atoms with Crippen LogP contribution >= 0.6 is 23.8 Å². The maximum Gasteiger partial charge on any atom is 0.288 e. The van der Waals surface area contributed by atoms with Crippen molar-refractivity contribution in [2.75, 3.05) is 14.2 Å². The van der Waals surface area contributed by atoms with Crippen LogP contribution in [-0.2, 0) is 13.2 Å². The summed E-state index contributed by atoms with van der Waals surface area (Å²) in [5.41, 5.74) is 1.14. The lowest BCUT2D eigenvalue weighted by Crippen LogP contribution is -2.23. The van der Waals surface area contributed by atoms with Gasteiger partial charge in [-0.2, -0.15) is 0 Å². The fraction of sp³-hybridized carbons (Fsp3) is 0.222. The van der Waals surface area contributed by atoms with Crippen molar-refractivity contribution in [1.29, 1.82) is 0 Å². The summed E-state index contributed by atoms with van der Waals surface area (Å²) >= 11 is 11.3. The monoisotopic (exact) mass is 393 g/mol. The van der Waals surface area contributed by atoms with Gasteiger partial charge >= 0.3 is 0 Å². The van der Waals surface area contributed by atoms with Crippen LogP contribution in [0.3, 0.4) is 0 Å². The van der Waals surface area contributed by atoms with Gasteiger partial charge in [0.25, 0.3) is 10.7 Å². The van der Waals surface area contributed by atoms with Gasteiger partial charge in [0.2, 0.25) is 0 Å². The number of halogens is 2. The van der Waals surface area contributed by atoms with Crippen molar-refractivity contribution in [2.45, 2.75) is 13.2 Å². The summed E-state index contributed by atoms with van der Waals surface area (Å²) < 4.78 is 26.4. The Hall–Kier alpha value is -2.22. The molecule has 26 heavy (non-hydrogen) atoms. The molecular weight excluding hydrogens is 377 g/mol. The number of hydrogen-bond acceptors (Lipinski definition) is 5. The van der Waals surface area contributed by atoms with Crippen molar-refractivity contribution in [3.05, 3.63) is 63.7 Å². The van der Waals surface area contributed by atoms with E-state index in [-0.39, 0.29) is 10.7 Å². The molecule has 0 fully saturated rings. The van der Waals surface area contributed by atoms with Crippen molar-refractivity contribution < 1.29 is 13.5 Å². The molecule has 0 bridgehead atoms. The van der Waals surface area contributed by atoms with Crippen LogP contribution in [0, 0.1) is 10.7 Å². The maximum atomic E-state index is 14.0. The first kappa shape index (κ1) is 18.6. The molecular formula is C18H17ClFN3O2S. The third kappa shape index (κ3) is 3.95. The lowest BCUT2D eigenvalue weighted by molar-refractivity contribution is 0.238. The van der Waals surface area contributed by atoms with E-state index in [1.165, 1.54) is 10.7 Å². The van der Waals surface area contributed by atoms with Gasteiger partial charge < -0.3 is 9.15 Å². The van der Waals surface area contributed by atoms with Crippen LogP contribution < -0.4 is 4.74 Å². The van der Waals surface area contributed by atoms with Gasteiger partial charge in [-0.1, -0.05) is 29.8 Å². The second kappa shape index (κ2) is 7.99. The van der Waals surface area contributed by atoms with Crippen LogP contribution in [0.25, 0.3) is 11.5 Å². The van der Waals surface area contributed by atoms with Gasteiger partial charge in [-0.05, 0) is 43.5 Å². The molecule has 1 aromatic heterocycles. The van der Waals surface area contributed by atoms with Gasteiger partial charge in [0.15, 0.2) is 0 Å². The molecule has 0 aliphatic heterocycles. The van der Waals surface area contributed by atoms with Gasteiger partial charge in [-0.3, -0.25) is 4.90 Å². The molecule has 5 nitrogen and oxygen atoms in total. The second-order valence-electron chi connectivity index (χ2n) is 5.73. The Bertz CT molecular complexity index is 953. The molecule has 0 N–H and O–H groups in total. The zero-order valence-electron chi connectivity index (χ0n) is 14.3. The molecule has 0 atom stereocenters. The molecule has 3 rings (SSSR count). The topological polar surface area (TPSA) is 43.4 Å². The Labute approximate surface area is 160 Å². The summed E-state index contributed by atoms with van der Waals surface area (Å²) in [7, 11) is 3.40. The van der Waals surface area contributed by atoms with E-state index in [4.69, 9.17) is 33.0 Å². The van der Waals surface area contributed by atoms with E-state index < -0.39 is 0 Å². The molecule has 0 aliphatic carbocycles. The molecule has 2 aromatic carbocycles. The molecule has 0 aliphatic rings.